The van der Waals surface area contributed by atoms with Crippen molar-refractivity contribution in [3.05, 3.63) is 190 Å². The summed E-state index contributed by atoms with van der Waals surface area (Å²) in [6, 6.07) is 55.1. The topological polar surface area (TPSA) is 0 Å². The first-order chi connectivity index (χ1) is 20.6. The maximum atomic E-state index is 2.38. The maximum Gasteiger partial charge on any atom is 0.0464 e. The first kappa shape index (κ1) is 25.1. The van der Waals surface area contributed by atoms with Gasteiger partial charge in [-0.1, -0.05) is 157 Å². The summed E-state index contributed by atoms with van der Waals surface area (Å²) in [6.45, 7) is 4.37. The van der Waals surface area contributed by atoms with Gasteiger partial charge >= 0.3 is 0 Å². The van der Waals surface area contributed by atoms with Gasteiger partial charge in [-0.15, -0.1) is 0 Å². The van der Waals surface area contributed by atoms with Crippen LogP contribution in [0.4, 0.5) is 0 Å². The van der Waals surface area contributed by atoms with Gasteiger partial charge in [0.05, 0.1) is 0 Å². The molecule has 0 unspecified atom stereocenters. The summed E-state index contributed by atoms with van der Waals surface area (Å²) in [4.78, 5) is 0. The smallest absolute Gasteiger partial charge is 0.0464 e. The normalized spacial score (nSPS) is 15.0. The third kappa shape index (κ3) is 3.42. The molecular formula is C42H34. The van der Waals surface area contributed by atoms with Crippen LogP contribution in [0.1, 0.15) is 57.3 Å². The van der Waals surface area contributed by atoms with E-state index < -0.39 is 0 Å². The summed E-state index contributed by atoms with van der Waals surface area (Å²) in [5, 5.41) is 0. The van der Waals surface area contributed by atoms with Gasteiger partial charge in [0, 0.05) is 10.8 Å². The van der Waals surface area contributed by atoms with E-state index in [2.05, 4.69) is 159 Å². The maximum absolute atomic E-state index is 2.38. The first-order valence-corrected chi connectivity index (χ1v) is 15.2. The molecule has 0 nitrogen and oxygen atoms in total. The number of rotatable bonds is 5. The van der Waals surface area contributed by atoms with Gasteiger partial charge in [0.1, 0.15) is 0 Å². The zero-order valence-electron chi connectivity index (χ0n) is 24.3. The Hall–Kier alpha value is -4.68. The minimum Gasteiger partial charge on any atom is -0.0619 e. The van der Waals surface area contributed by atoms with Crippen molar-refractivity contribution in [2.24, 2.45) is 0 Å². The molecule has 0 radical (unpaired) electrons. The summed E-state index contributed by atoms with van der Waals surface area (Å²) >= 11 is 0. The van der Waals surface area contributed by atoms with Crippen molar-refractivity contribution >= 4 is 0 Å². The highest BCUT2D eigenvalue weighted by Crippen LogP contribution is 2.60. The molecule has 0 saturated carbocycles. The zero-order chi connectivity index (χ0) is 28.3. The molecule has 0 saturated heterocycles. The van der Waals surface area contributed by atoms with Crippen LogP contribution in [-0.2, 0) is 10.8 Å². The van der Waals surface area contributed by atoms with E-state index in [0.29, 0.717) is 0 Å². The molecule has 2 aliphatic carbocycles. The van der Waals surface area contributed by atoms with Crippen LogP contribution in [0.3, 0.4) is 0 Å². The van der Waals surface area contributed by atoms with E-state index in [1.807, 2.05) is 0 Å². The van der Waals surface area contributed by atoms with Crippen molar-refractivity contribution in [3.63, 3.8) is 0 Å². The fourth-order valence-electron chi connectivity index (χ4n) is 8.15. The van der Waals surface area contributed by atoms with Gasteiger partial charge in [0.2, 0.25) is 0 Å². The lowest BCUT2D eigenvalue weighted by Gasteiger charge is -2.39. The molecule has 8 rings (SSSR count). The van der Waals surface area contributed by atoms with Gasteiger partial charge < -0.3 is 0 Å². The third-order valence-electron chi connectivity index (χ3n) is 10.1. The molecule has 6 aromatic carbocycles. The standard InChI is InChI=1S/C42H34/c1-29-19-23-31(24-20-29)41(37-15-7-3-11-33(37)34-12-4-8-16-38(34)41)27-28-42(32-25-21-30(2)22-26-32)39-17-9-5-13-35(39)36-14-6-10-18-40(36)42/h3-26H,27-28H2,1-2H3. The van der Waals surface area contributed by atoms with E-state index in [1.165, 1.54) is 66.8 Å². The second-order valence-electron chi connectivity index (χ2n) is 12.2. The molecule has 2 aliphatic rings. The molecule has 42 heavy (non-hydrogen) atoms. The van der Waals surface area contributed by atoms with Gasteiger partial charge in [-0.2, -0.15) is 0 Å². The highest BCUT2D eigenvalue weighted by Gasteiger charge is 2.49. The van der Waals surface area contributed by atoms with Crippen molar-refractivity contribution in [3.8, 4) is 22.3 Å². The molecule has 202 valence electrons. The van der Waals surface area contributed by atoms with Crippen LogP contribution in [-0.4, -0.2) is 0 Å². The lowest BCUT2D eigenvalue weighted by Crippen LogP contribution is -2.33. The van der Waals surface area contributed by atoms with E-state index in [1.54, 1.807) is 0 Å². The van der Waals surface area contributed by atoms with Crippen LogP contribution >= 0.6 is 0 Å². The van der Waals surface area contributed by atoms with Gasteiger partial charge in [-0.05, 0) is 82.3 Å². The Morgan fingerprint density at radius 1 is 0.333 bits per heavy atom. The zero-order valence-corrected chi connectivity index (χ0v) is 24.3. The predicted octanol–water partition coefficient (Wildman–Crippen LogP) is 10.4. The average molecular weight is 539 g/mol. The molecule has 0 heterocycles. The molecule has 0 N–H and O–H groups in total. The molecule has 0 bridgehead atoms. The molecular weight excluding hydrogens is 504 g/mol. The lowest BCUT2D eigenvalue weighted by atomic mass is 9.62. The van der Waals surface area contributed by atoms with E-state index in [0.717, 1.165) is 12.8 Å². The molecule has 0 aliphatic heterocycles. The lowest BCUT2D eigenvalue weighted by molar-refractivity contribution is 0.463. The van der Waals surface area contributed by atoms with E-state index in [4.69, 9.17) is 0 Å². The Morgan fingerprint density at radius 2 is 0.595 bits per heavy atom. The molecule has 6 aromatic rings. The van der Waals surface area contributed by atoms with Crippen LogP contribution in [0.2, 0.25) is 0 Å². The third-order valence-corrected chi connectivity index (χ3v) is 10.1. The van der Waals surface area contributed by atoms with Crippen LogP contribution in [0.15, 0.2) is 146 Å². The Morgan fingerprint density at radius 3 is 0.881 bits per heavy atom. The summed E-state index contributed by atoms with van der Waals surface area (Å²) in [5.41, 5.74) is 16.0. The minimum atomic E-state index is -0.245. The fraction of sp³-hybridized carbons (Fsp3) is 0.143. The highest BCUT2D eigenvalue weighted by molar-refractivity contribution is 5.85. The Balaban J connectivity index is 1.40. The monoisotopic (exact) mass is 538 g/mol. The summed E-state index contributed by atoms with van der Waals surface area (Å²) in [7, 11) is 0. The summed E-state index contributed by atoms with van der Waals surface area (Å²) in [6.07, 6.45) is 1.97. The second-order valence-corrected chi connectivity index (χ2v) is 12.2. The largest absolute Gasteiger partial charge is 0.0619 e. The highest BCUT2D eigenvalue weighted by atomic mass is 14.5. The van der Waals surface area contributed by atoms with Gasteiger partial charge in [-0.3, -0.25) is 0 Å². The quantitative estimate of drug-likeness (QED) is 0.205. The Kier molecular flexibility index (Phi) is 5.63. The average Bonchev–Trinajstić information content (AvgIpc) is 3.50. The number of aryl methyl sites for hydroxylation is 2. The molecule has 0 heteroatoms. The van der Waals surface area contributed by atoms with Crippen molar-refractivity contribution < 1.29 is 0 Å². The van der Waals surface area contributed by atoms with Crippen molar-refractivity contribution in [2.75, 3.05) is 0 Å². The minimum absolute atomic E-state index is 0.245. The van der Waals surface area contributed by atoms with Gasteiger partial charge in [-0.25, -0.2) is 0 Å². The van der Waals surface area contributed by atoms with Gasteiger partial charge in [0.25, 0.3) is 0 Å². The van der Waals surface area contributed by atoms with Crippen molar-refractivity contribution in [2.45, 2.75) is 37.5 Å². The fourth-order valence-corrected chi connectivity index (χ4v) is 8.15. The van der Waals surface area contributed by atoms with Crippen molar-refractivity contribution in [1.29, 1.82) is 0 Å². The second kappa shape index (κ2) is 9.43. The number of hydrogen-bond acceptors (Lipinski definition) is 0. The van der Waals surface area contributed by atoms with E-state index in [9.17, 15) is 0 Å². The Labute approximate surface area is 249 Å². The summed E-state index contributed by atoms with van der Waals surface area (Å²) in [5.74, 6) is 0. The predicted molar refractivity (Wildman–Crippen MR) is 175 cm³/mol. The van der Waals surface area contributed by atoms with Gasteiger partial charge in [0.15, 0.2) is 0 Å². The van der Waals surface area contributed by atoms with Crippen LogP contribution in [0.5, 0.6) is 0 Å². The molecule has 0 spiro atoms. The van der Waals surface area contributed by atoms with Crippen LogP contribution in [0.25, 0.3) is 22.3 Å². The molecule has 0 atom stereocenters. The molecule has 0 amide bonds. The number of fused-ring (bicyclic) bond motifs is 6. The van der Waals surface area contributed by atoms with E-state index >= 15 is 0 Å². The van der Waals surface area contributed by atoms with E-state index in [-0.39, 0.29) is 10.8 Å². The van der Waals surface area contributed by atoms with Crippen molar-refractivity contribution in [1.82, 2.24) is 0 Å². The number of benzene rings is 6. The SMILES string of the molecule is Cc1ccc(C2(CCC3(c4ccc(C)cc4)c4ccccc4-c4ccccc43)c3ccccc3-c3ccccc32)cc1. The molecule has 0 aromatic heterocycles. The summed E-state index contributed by atoms with van der Waals surface area (Å²) < 4.78 is 0. The molecule has 0 fully saturated rings. The Bertz CT molecular complexity index is 1700. The first-order valence-electron chi connectivity index (χ1n) is 15.2. The van der Waals surface area contributed by atoms with Crippen LogP contribution in [0, 0.1) is 13.8 Å². The number of hydrogen-bond donors (Lipinski definition) is 0. The van der Waals surface area contributed by atoms with Crippen LogP contribution < -0.4 is 0 Å².